The average Bonchev–Trinajstić information content (AvgIpc) is 3.35. The lowest BCUT2D eigenvalue weighted by molar-refractivity contribution is -0.115. The molecule has 3 amide bonds. The minimum absolute atomic E-state index is 0.000416. The molecule has 0 radical (unpaired) electrons. The zero-order valence-electron chi connectivity index (χ0n) is 26.0. The van der Waals surface area contributed by atoms with Gasteiger partial charge in [-0.3, -0.25) is 10.1 Å². The van der Waals surface area contributed by atoms with Gasteiger partial charge in [0.15, 0.2) is 11.6 Å². The minimum Gasteiger partial charge on any atom is -0.497 e. The van der Waals surface area contributed by atoms with Crippen molar-refractivity contribution in [1.29, 1.82) is 0 Å². The van der Waals surface area contributed by atoms with Gasteiger partial charge in [0, 0.05) is 22.8 Å². The monoisotopic (exact) mass is 635 g/mol. The molecule has 12 nitrogen and oxygen atoms in total. The normalized spacial score (nSPS) is 11.5. The van der Waals surface area contributed by atoms with Gasteiger partial charge in [-0.2, -0.15) is 4.90 Å². The number of halogens is 1. The fourth-order valence-corrected chi connectivity index (χ4v) is 4.12. The lowest BCUT2D eigenvalue weighted by Gasteiger charge is -2.28. The maximum absolute atomic E-state index is 13.3. The van der Waals surface area contributed by atoms with Crippen molar-refractivity contribution in [2.75, 3.05) is 17.3 Å². The van der Waals surface area contributed by atoms with Crippen LogP contribution in [0.25, 0.3) is 22.6 Å². The number of hydrogen-bond acceptors (Lipinski definition) is 10. The number of methoxy groups -OCH3 is 1. The van der Waals surface area contributed by atoms with Crippen LogP contribution in [0.2, 0.25) is 5.02 Å². The van der Waals surface area contributed by atoms with Crippen LogP contribution < -0.4 is 15.0 Å². The molecule has 45 heavy (non-hydrogen) atoms. The van der Waals surface area contributed by atoms with Gasteiger partial charge in [-0.25, -0.2) is 19.6 Å². The Bertz CT molecular complexity index is 1660. The van der Waals surface area contributed by atoms with Crippen molar-refractivity contribution in [3.63, 3.8) is 0 Å². The molecule has 0 atom stereocenters. The smallest absolute Gasteiger partial charge is 0.425 e. The number of ether oxygens (including phenoxy) is 3. The second-order valence-electron chi connectivity index (χ2n) is 11.9. The summed E-state index contributed by atoms with van der Waals surface area (Å²) in [7, 11) is 1.54. The summed E-state index contributed by atoms with van der Waals surface area (Å²) in [5.74, 6) is -0.00184. The third-order valence-corrected chi connectivity index (χ3v) is 6.06. The number of benzene rings is 2. The van der Waals surface area contributed by atoms with Crippen LogP contribution in [-0.2, 0) is 20.7 Å². The van der Waals surface area contributed by atoms with E-state index < -0.39 is 29.3 Å². The van der Waals surface area contributed by atoms with Gasteiger partial charge < -0.3 is 18.7 Å². The number of carbonyl (C=O) groups is 3. The molecule has 2 aromatic heterocycles. The van der Waals surface area contributed by atoms with Gasteiger partial charge in [0.1, 0.15) is 28.2 Å². The summed E-state index contributed by atoms with van der Waals surface area (Å²) >= 11 is 6.11. The zero-order valence-corrected chi connectivity index (χ0v) is 26.8. The molecule has 13 heteroatoms. The molecule has 4 aromatic rings. The summed E-state index contributed by atoms with van der Waals surface area (Å²) in [6, 6.07) is 15.2. The highest BCUT2D eigenvalue weighted by Crippen LogP contribution is 2.37. The maximum atomic E-state index is 13.3. The molecular weight excluding hydrogens is 602 g/mol. The highest BCUT2D eigenvalue weighted by Gasteiger charge is 2.34. The Balaban J connectivity index is 1.78. The molecule has 4 rings (SSSR count). The number of amides is 3. The van der Waals surface area contributed by atoms with Crippen LogP contribution >= 0.6 is 11.6 Å². The van der Waals surface area contributed by atoms with Crippen LogP contribution in [0.1, 0.15) is 47.1 Å². The van der Waals surface area contributed by atoms with Gasteiger partial charge in [0.05, 0.1) is 13.5 Å². The zero-order chi connectivity index (χ0) is 32.9. The SMILES string of the molecule is COc1cccc(CC(=O)Nc2onc(-c3ccc(Cl)cc3)c2-c2nccc(N(C(=O)OC(C)(C)C)C(=O)OC(C)(C)C)n2)c1. The van der Waals surface area contributed by atoms with Gasteiger partial charge in [0.25, 0.3) is 0 Å². The second-order valence-corrected chi connectivity index (χ2v) is 12.3. The van der Waals surface area contributed by atoms with Gasteiger partial charge in [-0.05, 0) is 71.4 Å². The molecular formula is C32H34ClN5O7. The van der Waals surface area contributed by atoms with Crippen LogP contribution in [0.15, 0.2) is 65.3 Å². The molecule has 0 unspecified atom stereocenters. The van der Waals surface area contributed by atoms with Gasteiger partial charge >= 0.3 is 12.2 Å². The lowest BCUT2D eigenvalue weighted by atomic mass is 10.1. The van der Waals surface area contributed by atoms with E-state index in [4.69, 9.17) is 30.3 Å². The fraction of sp³-hybridized carbons (Fsp3) is 0.312. The predicted octanol–water partition coefficient (Wildman–Crippen LogP) is 7.32. The Morgan fingerprint density at radius 2 is 1.58 bits per heavy atom. The number of nitrogens with one attached hydrogen (secondary N) is 1. The van der Waals surface area contributed by atoms with Gasteiger partial charge in [0.2, 0.25) is 11.8 Å². The quantitative estimate of drug-likeness (QED) is 0.219. The number of anilines is 2. The van der Waals surface area contributed by atoms with Crippen LogP contribution in [0.5, 0.6) is 5.75 Å². The number of rotatable bonds is 7. The van der Waals surface area contributed by atoms with E-state index >= 15 is 0 Å². The summed E-state index contributed by atoms with van der Waals surface area (Å²) < 4.78 is 21.8. The van der Waals surface area contributed by atoms with Crippen molar-refractivity contribution in [2.45, 2.75) is 59.2 Å². The fourth-order valence-electron chi connectivity index (χ4n) is 4.00. The van der Waals surface area contributed by atoms with Crippen molar-refractivity contribution in [3.05, 3.63) is 71.4 Å². The van der Waals surface area contributed by atoms with E-state index in [0.717, 1.165) is 0 Å². The standard InChI is InChI=1S/C32H34ClN5O7/c1-31(2,3)43-29(40)38(30(41)44-32(4,5)6)23-15-16-34-27(35-23)25-26(20-11-13-21(33)14-12-20)37-45-28(25)36-24(39)18-19-9-8-10-22(17-19)42-7/h8-17H,18H2,1-7H3,(H,36,39). The second kappa shape index (κ2) is 13.3. The van der Waals surface area contributed by atoms with Gasteiger partial charge in [-0.15, -0.1) is 0 Å². The Morgan fingerprint density at radius 3 is 2.18 bits per heavy atom. The van der Waals surface area contributed by atoms with Crippen molar-refractivity contribution in [1.82, 2.24) is 15.1 Å². The summed E-state index contributed by atoms with van der Waals surface area (Å²) in [4.78, 5) is 49.3. The van der Waals surface area contributed by atoms with Crippen molar-refractivity contribution in [2.24, 2.45) is 0 Å². The van der Waals surface area contributed by atoms with Crippen molar-refractivity contribution < 1.29 is 33.1 Å². The van der Waals surface area contributed by atoms with Crippen LogP contribution in [0.4, 0.5) is 21.3 Å². The topological polar surface area (TPSA) is 146 Å². The molecule has 2 heterocycles. The molecule has 0 saturated carbocycles. The van der Waals surface area contributed by atoms with E-state index in [1.54, 1.807) is 97.2 Å². The summed E-state index contributed by atoms with van der Waals surface area (Å²) in [5.41, 5.74) is -0.0908. The van der Waals surface area contributed by atoms with Crippen LogP contribution in [0, 0.1) is 0 Å². The van der Waals surface area contributed by atoms with Crippen molar-refractivity contribution in [3.8, 4) is 28.4 Å². The van der Waals surface area contributed by atoms with E-state index in [1.165, 1.54) is 12.3 Å². The predicted molar refractivity (Wildman–Crippen MR) is 168 cm³/mol. The third-order valence-electron chi connectivity index (χ3n) is 5.81. The van der Waals surface area contributed by atoms with Crippen LogP contribution in [-0.4, -0.2) is 51.5 Å². The molecule has 0 saturated heterocycles. The third kappa shape index (κ3) is 8.79. The summed E-state index contributed by atoms with van der Waals surface area (Å²) in [5, 5.41) is 7.43. The largest absolute Gasteiger partial charge is 0.497 e. The molecule has 0 bridgehead atoms. The molecule has 1 N–H and O–H groups in total. The molecule has 0 aliphatic carbocycles. The Hall–Kier alpha value is -4.97. The molecule has 0 aliphatic rings. The number of aromatic nitrogens is 3. The Labute approximate surface area is 265 Å². The summed E-state index contributed by atoms with van der Waals surface area (Å²) in [6.07, 6.45) is -0.660. The first-order chi connectivity index (χ1) is 21.1. The van der Waals surface area contributed by atoms with E-state index in [2.05, 4.69) is 20.4 Å². The minimum atomic E-state index is -1.00. The van der Waals surface area contributed by atoms with Crippen molar-refractivity contribution >= 4 is 41.4 Å². The first kappa shape index (κ1) is 32.9. The van der Waals surface area contributed by atoms with Crippen LogP contribution in [0.3, 0.4) is 0 Å². The number of hydrogen-bond donors (Lipinski definition) is 1. The van der Waals surface area contributed by atoms with E-state index in [9.17, 15) is 14.4 Å². The molecule has 236 valence electrons. The first-order valence-corrected chi connectivity index (χ1v) is 14.3. The first-order valence-electron chi connectivity index (χ1n) is 13.9. The molecule has 2 aromatic carbocycles. The molecule has 0 fully saturated rings. The molecule has 0 spiro atoms. The average molecular weight is 636 g/mol. The Morgan fingerprint density at radius 1 is 0.933 bits per heavy atom. The highest BCUT2D eigenvalue weighted by atomic mass is 35.5. The summed E-state index contributed by atoms with van der Waals surface area (Å²) in [6.45, 7) is 10.00. The van der Waals surface area contributed by atoms with E-state index in [-0.39, 0.29) is 35.2 Å². The maximum Gasteiger partial charge on any atom is 0.425 e. The number of imide groups is 1. The van der Waals surface area contributed by atoms with E-state index in [1.807, 2.05) is 0 Å². The highest BCUT2D eigenvalue weighted by molar-refractivity contribution is 6.30. The van der Waals surface area contributed by atoms with Gasteiger partial charge in [-0.1, -0.05) is 41.0 Å². The molecule has 0 aliphatic heterocycles. The Kier molecular flexibility index (Phi) is 9.77. The van der Waals surface area contributed by atoms with E-state index in [0.29, 0.717) is 26.8 Å². The number of nitrogens with zero attached hydrogens (tertiary/aromatic N) is 4. The lowest BCUT2D eigenvalue weighted by Crippen LogP contribution is -2.44. The number of carbonyl (C=O) groups excluding carboxylic acids is 3.